The molecule has 1 heteroatoms. The van der Waals surface area contributed by atoms with Gasteiger partial charge in [0.25, 0.3) is 0 Å². The molecule has 1 atom stereocenters. The van der Waals surface area contributed by atoms with Gasteiger partial charge in [0.2, 0.25) is 0 Å². The van der Waals surface area contributed by atoms with Crippen molar-refractivity contribution in [1.29, 1.82) is 0 Å². The van der Waals surface area contributed by atoms with E-state index in [4.69, 9.17) is 4.99 Å². The third kappa shape index (κ3) is 2.09. The van der Waals surface area contributed by atoms with E-state index >= 15 is 0 Å². The molecule has 27 heavy (non-hydrogen) atoms. The number of hydrogen-bond acceptors (Lipinski definition) is 1. The molecule has 1 aliphatic carbocycles. The number of para-hydroxylation sites is 1. The van der Waals surface area contributed by atoms with E-state index in [2.05, 4.69) is 97.1 Å². The van der Waals surface area contributed by atoms with Gasteiger partial charge in [0, 0.05) is 22.3 Å². The molecule has 1 nitrogen and oxygen atoms in total. The van der Waals surface area contributed by atoms with Gasteiger partial charge < -0.3 is 0 Å². The van der Waals surface area contributed by atoms with Gasteiger partial charge in [-0.2, -0.15) is 0 Å². The molecule has 1 aliphatic heterocycles. The van der Waals surface area contributed by atoms with Gasteiger partial charge in [0.15, 0.2) is 0 Å². The summed E-state index contributed by atoms with van der Waals surface area (Å²) in [5, 5.41) is 2.38. The molecular formula is C26H17N. The molecule has 2 aliphatic rings. The fourth-order valence-electron chi connectivity index (χ4n) is 4.47. The van der Waals surface area contributed by atoms with Crippen LogP contribution in [-0.2, 0) is 0 Å². The minimum atomic E-state index is 0.250. The fourth-order valence-corrected chi connectivity index (χ4v) is 4.47. The van der Waals surface area contributed by atoms with Gasteiger partial charge in [0.1, 0.15) is 0 Å². The molecule has 0 bridgehead atoms. The smallest absolute Gasteiger partial charge is 0.0791 e. The van der Waals surface area contributed by atoms with Crippen LogP contribution in [0.3, 0.4) is 0 Å². The SMILES string of the molecule is C1=c2c(ccc3c2=Nc2ccccc2-3)-c2ccccc2C1c1ccccc1. The zero-order valence-corrected chi connectivity index (χ0v) is 14.8. The lowest BCUT2D eigenvalue weighted by Gasteiger charge is -2.23. The summed E-state index contributed by atoms with van der Waals surface area (Å²) in [6, 6.07) is 32.5. The molecule has 0 spiro atoms. The van der Waals surface area contributed by atoms with Crippen LogP contribution < -0.4 is 10.6 Å². The van der Waals surface area contributed by atoms with Crippen LogP contribution in [0.2, 0.25) is 0 Å². The Morgan fingerprint density at radius 2 is 1.26 bits per heavy atom. The zero-order chi connectivity index (χ0) is 17.8. The Kier molecular flexibility index (Phi) is 3.00. The highest BCUT2D eigenvalue weighted by atomic mass is 14.8. The Balaban J connectivity index is 1.71. The van der Waals surface area contributed by atoms with E-state index < -0.39 is 0 Å². The summed E-state index contributed by atoms with van der Waals surface area (Å²) in [6.45, 7) is 0. The van der Waals surface area contributed by atoms with Crippen molar-refractivity contribution in [3.8, 4) is 22.3 Å². The first-order valence-corrected chi connectivity index (χ1v) is 9.37. The van der Waals surface area contributed by atoms with Gasteiger partial charge in [-0.3, -0.25) is 0 Å². The first-order valence-electron chi connectivity index (χ1n) is 9.37. The largest absolute Gasteiger partial charge is 0.247 e. The maximum absolute atomic E-state index is 5.00. The molecule has 1 heterocycles. The van der Waals surface area contributed by atoms with Crippen LogP contribution in [0.1, 0.15) is 17.0 Å². The summed E-state index contributed by atoms with van der Waals surface area (Å²) in [5.74, 6) is 0.250. The van der Waals surface area contributed by atoms with E-state index in [1.807, 2.05) is 0 Å². The van der Waals surface area contributed by atoms with Gasteiger partial charge in [-0.15, -0.1) is 0 Å². The number of hydrogen-bond donors (Lipinski definition) is 0. The zero-order valence-electron chi connectivity index (χ0n) is 14.8. The molecule has 4 aromatic rings. The second-order valence-corrected chi connectivity index (χ2v) is 7.19. The van der Waals surface area contributed by atoms with Crippen molar-refractivity contribution in [2.75, 3.05) is 0 Å². The van der Waals surface area contributed by atoms with Gasteiger partial charge in [-0.1, -0.05) is 91.0 Å². The minimum Gasteiger partial charge on any atom is -0.247 e. The predicted octanol–water partition coefficient (Wildman–Crippen LogP) is 5.21. The Morgan fingerprint density at radius 3 is 2.15 bits per heavy atom. The monoisotopic (exact) mass is 343 g/mol. The molecule has 0 N–H and O–H groups in total. The van der Waals surface area contributed by atoms with Crippen LogP contribution in [0.5, 0.6) is 0 Å². The van der Waals surface area contributed by atoms with E-state index in [1.165, 1.54) is 38.6 Å². The molecule has 0 saturated heterocycles. The van der Waals surface area contributed by atoms with Crippen LogP contribution >= 0.6 is 0 Å². The molecule has 0 amide bonds. The molecule has 0 saturated carbocycles. The van der Waals surface area contributed by atoms with E-state index in [0.717, 1.165) is 11.0 Å². The predicted molar refractivity (Wildman–Crippen MR) is 111 cm³/mol. The quantitative estimate of drug-likeness (QED) is 0.396. The van der Waals surface area contributed by atoms with Crippen LogP contribution in [-0.4, -0.2) is 0 Å². The van der Waals surface area contributed by atoms with Crippen LogP contribution in [0.25, 0.3) is 28.3 Å². The van der Waals surface area contributed by atoms with Crippen molar-refractivity contribution >= 4 is 11.8 Å². The van der Waals surface area contributed by atoms with Gasteiger partial charge in [0.05, 0.1) is 11.0 Å². The van der Waals surface area contributed by atoms with Gasteiger partial charge in [-0.25, -0.2) is 4.99 Å². The van der Waals surface area contributed by atoms with Crippen LogP contribution in [0.15, 0.2) is 96.0 Å². The molecule has 4 aromatic carbocycles. The van der Waals surface area contributed by atoms with Crippen molar-refractivity contribution < 1.29 is 0 Å². The van der Waals surface area contributed by atoms with Crippen LogP contribution in [0.4, 0.5) is 5.69 Å². The Bertz CT molecular complexity index is 1320. The van der Waals surface area contributed by atoms with Gasteiger partial charge >= 0.3 is 0 Å². The Hall–Kier alpha value is -3.45. The Labute approximate surface area is 158 Å². The topological polar surface area (TPSA) is 12.4 Å². The van der Waals surface area contributed by atoms with Crippen molar-refractivity contribution in [2.24, 2.45) is 4.99 Å². The standard InChI is InChI=1S/C26H17N/c1-2-8-17(9-3-1)23-16-24-20(18-10-4-5-11-19(18)23)14-15-22-21-12-6-7-13-25(21)27-26(22)24/h1-16,23H. The molecule has 0 aromatic heterocycles. The summed E-state index contributed by atoms with van der Waals surface area (Å²) in [7, 11) is 0. The normalized spacial score (nSPS) is 15.6. The van der Waals surface area contributed by atoms with Crippen molar-refractivity contribution in [1.82, 2.24) is 0 Å². The highest BCUT2D eigenvalue weighted by Gasteiger charge is 2.24. The highest BCUT2D eigenvalue weighted by Crippen LogP contribution is 2.38. The molecule has 126 valence electrons. The van der Waals surface area contributed by atoms with E-state index in [0.29, 0.717) is 0 Å². The Morgan fingerprint density at radius 1 is 0.556 bits per heavy atom. The number of rotatable bonds is 1. The molecule has 0 fully saturated rings. The average molecular weight is 343 g/mol. The van der Waals surface area contributed by atoms with Crippen molar-refractivity contribution in [3.05, 3.63) is 113 Å². The number of nitrogens with zero attached hydrogens (tertiary/aromatic N) is 1. The second kappa shape index (κ2) is 5.52. The van der Waals surface area contributed by atoms with E-state index in [9.17, 15) is 0 Å². The summed E-state index contributed by atoms with van der Waals surface area (Å²) < 4.78 is 0. The first kappa shape index (κ1) is 14.7. The fraction of sp³-hybridized carbons (Fsp3) is 0.0385. The maximum Gasteiger partial charge on any atom is 0.0791 e. The van der Waals surface area contributed by atoms with Crippen molar-refractivity contribution in [2.45, 2.75) is 5.92 Å². The van der Waals surface area contributed by atoms with Gasteiger partial charge in [-0.05, 0) is 28.3 Å². The summed E-state index contributed by atoms with van der Waals surface area (Å²) >= 11 is 0. The highest BCUT2D eigenvalue weighted by molar-refractivity contribution is 5.84. The molecule has 1 unspecified atom stereocenters. The summed E-state index contributed by atoms with van der Waals surface area (Å²) in [5.41, 5.74) is 8.84. The first-order chi connectivity index (χ1) is 13.4. The summed E-state index contributed by atoms with van der Waals surface area (Å²) in [4.78, 5) is 5.00. The number of fused-ring (bicyclic) bond motifs is 7. The molecular weight excluding hydrogens is 326 g/mol. The molecule has 6 rings (SSSR count). The van der Waals surface area contributed by atoms with E-state index in [1.54, 1.807) is 0 Å². The molecule has 0 radical (unpaired) electrons. The van der Waals surface area contributed by atoms with Crippen molar-refractivity contribution in [3.63, 3.8) is 0 Å². The lowest BCUT2D eigenvalue weighted by Crippen LogP contribution is -2.31. The maximum atomic E-state index is 5.00. The third-order valence-corrected chi connectivity index (χ3v) is 5.72. The number of benzene rings is 4. The van der Waals surface area contributed by atoms with E-state index in [-0.39, 0.29) is 5.92 Å². The average Bonchev–Trinajstić information content (AvgIpc) is 3.13. The summed E-state index contributed by atoms with van der Waals surface area (Å²) in [6.07, 6.45) is 2.40. The lowest BCUT2D eigenvalue weighted by molar-refractivity contribution is 1.06. The third-order valence-electron chi connectivity index (χ3n) is 5.72. The minimum absolute atomic E-state index is 0.250. The van der Waals surface area contributed by atoms with Crippen LogP contribution in [0, 0.1) is 0 Å². The lowest BCUT2D eigenvalue weighted by atomic mass is 9.80. The second-order valence-electron chi connectivity index (χ2n) is 7.19.